The van der Waals surface area contributed by atoms with Gasteiger partial charge in [-0.05, 0) is 45.2 Å². The molecular formula is C14H22N4O3. The van der Waals surface area contributed by atoms with E-state index in [4.69, 9.17) is 4.74 Å². The number of aromatic carboxylic acids is 1. The van der Waals surface area contributed by atoms with Crippen molar-refractivity contribution in [3.8, 4) is 0 Å². The van der Waals surface area contributed by atoms with Gasteiger partial charge in [0, 0.05) is 12.5 Å². The van der Waals surface area contributed by atoms with Gasteiger partial charge < -0.3 is 15.2 Å². The smallest absolute Gasteiger partial charge is 0.358 e. The van der Waals surface area contributed by atoms with Crippen molar-refractivity contribution >= 4 is 5.97 Å². The van der Waals surface area contributed by atoms with E-state index in [0.717, 1.165) is 57.5 Å². The molecule has 2 aliphatic rings. The van der Waals surface area contributed by atoms with Crippen LogP contribution in [-0.4, -0.2) is 51.9 Å². The number of piperidine rings is 1. The summed E-state index contributed by atoms with van der Waals surface area (Å²) in [6.45, 7) is 3.22. The lowest BCUT2D eigenvalue weighted by Gasteiger charge is -2.26. The summed E-state index contributed by atoms with van der Waals surface area (Å²) in [5.74, 6) is -0.768. The van der Waals surface area contributed by atoms with E-state index < -0.39 is 5.97 Å². The molecule has 116 valence electrons. The van der Waals surface area contributed by atoms with Crippen molar-refractivity contribution in [1.29, 1.82) is 0 Å². The molecule has 1 aromatic rings. The number of hydrogen-bond donors (Lipinski definition) is 2. The highest BCUT2D eigenvalue weighted by Gasteiger charge is 2.29. The highest BCUT2D eigenvalue weighted by atomic mass is 16.5. The van der Waals surface area contributed by atoms with Crippen molar-refractivity contribution in [1.82, 2.24) is 20.3 Å². The molecule has 0 aromatic carbocycles. The maximum Gasteiger partial charge on any atom is 0.358 e. The number of nitrogens with zero attached hydrogens (tertiary/aromatic N) is 3. The van der Waals surface area contributed by atoms with Crippen LogP contribution in [0.25, 0.3) is 0 Å². The van der Waals surface area contributed by atoms with E-state index in [-0.39, 0.29) is 17.7 Å². The average Bonchev–Trinajstić information content (AvgIpc) is 2.93. The van der Waals surface area contributed by atoms with Crippen LogP contribution in [0.4, 0.5) is 0 Å². The van der Waals surface area contributed by atoms with Crippen LogP contribution < -0.4 is 5.32 Å². The van der Waals surface area contributed by atoms with Crippen molar-refractivity contribution in [3.05, 3.63) is 11.4 Å². The second-order valence-corrected chi connectivity index (χ2v) is 5.82. The Morgan fingerprint density at radius 1 is 1.33 bits per heavy atom. The zero-order valence-electron chi connectivity index (χ0n) is 12.1. The SMILES string of the molecule is O=C(O)c1nnn(CC2CCCCO2)c1C1CCNCC1. The predicted molar refractivity (Wildman–Crippen MR) is 75.4 cm³/mol. The third-order valence-electron chi connectivity index (χ3n) is 4.35. The fourth-order valence-corrected chi connectivity index (χ4v) is 3.25. The van der Waals surface area contributed by atoms with E-state index in [1.165, 1.54) is 0 Å². The Bertz CT molecular complexity index is 490. The monoisotopic (exact) mass is 294 g/mol. The van der Waals surface area contributed by atoms with Gasteiger partial charge in [-0.25, -0.2) is 9.48 Å². The fourth-order valence-electron chi connectivity index (χ4n) is 3.25. The zero-order chi connectivity index (χ0) is 14.7. The standard InChI is InChI=1S/C14H22N4O3/c19-14(20)12-13(10-4-6-15-7-5-10)18(17-16-12)9-11-3-1-2-8-21-11/h10-11,15H,1-9H2,(H,19,20). The van der Waals surface area contributed by atoms with E-state index in [0.29, 0.717) is 6.54 Å². The van der Waals surface area contributed by atoms with Gasteiger partial charge in [-0.15, -0.1) is 5.10 Å². The Hall–Kier alpha value is -1.47. The maximum absolute atomic E-state index is 11.4. The van der Waals surface area contributed by atoms with Crippen molar-refractivity contribution in [2.24, 2.45) is 0 Å². The van der Waals surface area contributed by atoms with Crippen LogP contribution in [-0.2, 0) is 11.3 Å². The average molecular weight is 294 g/mol. The largest absolute Gasteiger partial charge is 0.476 e. The summed E-state index contributed by atoms with van der Waals surface area (Å²) in [6, 6.07) is 0. The van der Waals surface area contributed by atoms with E-state index in [1.54, 1.807) is 4.68 Å². The number of carbonyl (C=O) groups is 1. The molecular weight excluding hydrogens is 272 g/mol. The van der Waals surface area contributed by atoms with Crippen molar-refractivity contribution < 1.29 is 14.6 Å². The summed E-state index contributed by atoms with van der Waals surface area (Å²) in [5.41, 5.74) is 0.885. The first kappa shape index (κ1) is 14.5. The minimum Gasteiger partial charge on any atom is -0.476 e. The molecule has 0 bridgehead atoms. The maximum atomic E-state index is 11.4. The molecule has 2 fully saturated rings. The van der Waals surface area contributed by atoms with Gasteiger partial charge in [0.05, 0.1) is 18.3 Å². The molecule has 7 heteroatoms. The zero-order valence-corrected chi connectivity index (χ0v) is 12.1. The van der Waals surface area contributed by atoms with Gasteiger partial charge >= 0.3 is 5.97 Å². The lowest BCUT2D eigenvalue weighted by molar-refractivity contribution is 0.00296. The molecule has 1 aromatic heterocycles. The number of rotatable bonds is 4. The number of aromatic nitrogens is 3. The summed E-state index contributed by atoms with van der Waals surface area (Å²) in [5, 5.41) is 20.6. The lowest BCUT2D eigenvalue weighted by Crippen LogP contribution is -2.31. The van der Waals surface area contributed by atoms with Crippen LogP contribution in [0.5, 0.6) is 0 Å². The molecule has 2 aliphatic heterocycles. The molecule has 3 heterocycles. The predicted octanol–water partition coefficient (Wildman–Crippen LogP) is 1.01. The minimum absolute atomic E-state index is 0.109. The summed E-state index contributed by atoms with van der Waals surface area (Å²) in [6.07, 6.45) is 5.26. The number of nitrogens with one attached hydrogen (secondary N) is 1. The number of carboxylic acids is 1. The second kappa shape index (κ2) is 6.53. The molecule has 3 rings (SSSR count). The van der Waals surface area contributed by atoms with Crippen LogP contribution in [0.2, 0.25) is 0 Å². The Morgan fingerprint density at radius 2 is 2.14 bits per heavy atom. The number of hydrogen-bond acceptors (Lipinski definition) is 5. The first-order valence-corrected chi connectivity index (χ1v) is 7.74. The van der Waals surface area contributed by atoms with Crippen molar-refractivity contribution in [2.45, 2.75) is 50.7 Å². The van der Waals surface area contributed by atoms with Gasteiger partial charge in [-0.3, -0.25) is 0 Å². The molecule has 0 amide bonds. The third-order valence-corrected chi connectivity index (χ3v) is 4.35. The van der Waals surface area contributed by atoms with Crippen LogP contribution in [0.3, 0.4) is 0 Å². The van der Waals surface area contributed by atoms with Gasteiger partial charge in [0.15, 0.2) is 5.69 Å². The number of ether oxygens (including phenoxy) is 1. The third kappa shape index (κ3) is 3.24. The van der Waals surface area contributed by atoms with Crippen LogP contribution >= 0.6 is 0 Å². The molecule has 21 heavy (non-hydrogen) atoms. The quantitative estimate of drug-likeness (QED) is 0.861. The molecule has 0 aliphatic carbocycles. The van der Waals surface area contributed by atoms with E-state index >= 15 is 0 Å². The Morgan fingerprint density at radius 3 is 2.81 bits per heavy atom. The van der Waals surface area contributed by atoms with Crippen LogP contribution in [0.1, 0.15) is 54.2 Å². The molecule has 2 saturated heterocycles. The van der Waals surface area contributed by atoms with Gasteiger partial charge in [0.2, 0.25) is 0 Å². The van der Waals surface area contributed by atoms with Gasteiger partial charge in [-0.2, -0.15) is 0 Å². The molecule has 1 atom stereocenters. The van der Waals surface area contributed by atoms with Crippen molar-refractivity contribution in [3.63, 3.8) is 0 Å². The topological polar surface area (TPSA) is 89.3 Å². The summed E-state index contributed by atoms with van der Waals surface area (Å²) in [4.78, 5) is 11.4. The molecule has 0 radical (unpaired) electrons. The molecule has 0 spiro atoms. The lowest BCUT2D eigenvalue weighted by atomic mass is 9.93. The van der Waals surface area contributed by atoms with Crippen LogP contribution in [0.15, 0.2) is 0 Å². The summed E-state index contributed by atoms with van der Waals surface area (Å²) >= 11 is 0. The van der Waals surface area contributed by atoms with Crippen LogP contribution in [0, 0.1) is 0 Å². The molecule has 0 saturated carbocycles. The van der Waals surface area contributed by atoms with E-state index in [2.05, 4.69) is 15.6 Å². The second-order valence-electron chi connectivity index (χ2n) is 5.82. The molecule has 2 N–H and O–H groups in total. The summed E-state index contributed by atoms with van der Waals surface area (Å²) < 4.78 is 7.52. The van der Waals surface area contributed by atoms with Gasteiger partial charge in [-0.1, -0.05) is 5.21 Å². The normalized spacial score (nSPS) is 24.1. The molecule has 1 unspecified atom stereocenters. The van der Waals surface area contributed by atoms with Crippen molar-refractivity contribution in [2.75, 3.05) is 19.7 Å². The first-order valence-electron chi connectivity index (χ1n) is 7.74. The highest BCUT2D eigenvalue weighted by Crippen LogP contribution is 2.28. The Labute approximate surface area is 123 Å². The minimum atomic E-state index is -0.987. The van der Waals surface area contributed by atoms with Gasteiger partial charge in [0.1, 0.15) is 0 Å². The Kier molecular flexibility index (Phi) is 4.50. The highest BCUT2D eigenvalue weighted by molar-refractivity contribution is 5.86. The molecule has 7 nitrogen and oxygen atoms in total. The summed E-state index contributed by atoms with van der Waals surface area (Å²) in [7, 11) is 0. The van der Waals surface area contributed by atoms with Gasteiger partial charge in [0.25, 0.3) is 0 Å². The van der Waals surface area contributed by atoms with E-state index in [1.807, 2.05) is 0 Å². The van der Waals surface area contributed by atoms with E-state index in [9.17, 15) is 9.90 Å². The fraction of sp³-hybridized carbons (Fsp3) is 0.786. The Balaban J connectivity index is 1.82. The number of carboxylic acid groups (broad SMARTS) is 1. The first-order chi connectivity index (χ1) is 10.3.